The lowest BCUT2D eigenvalue weighted by atomic mass is 9.96. The van der Waals surface area contributed by atoms with Crippen molar-refractivity contribution in [3.8, 4) is 0 Å². The van der Waals surface area contributed by atoms with Crippen molar-refractivity contribution in [1.82, 2.24) is 5.32 Å². The lowest BCUT2D eigenvalue weighted by molar-refractivity contribution is -0.379. The smallest absolute Gasteiger partial charge is 0.220 e. The third-order valence-electron chi connectivity index (χ3n) is 15.4. The molecule has 0 aliphatic carbocycles. The van der Waals surface area contributed by atoms with Gasteiger partial charge >= 0.3 is 0 Å². The molecular formula is C60H109NO18. The second-order valence-corrected chi connectivity index (χ2v) is 22.2. The standard InChI is InChI=1S/C60H109NO18/c1-3-5-7-9-11-13-15-17-19-20-21-22-23-24-25-27-29-31-33-35-37-44(65)43(61-48(66)38-36-34-32-30-28-26-18-16-14-12-10-8-6-4-2)42-74-58-54(72)51(69)56(46(40-63)76-58)79-60-55(73)52(70)57(47(41-64)77-60)78-59-53(71)50(68)49(67)45(39-62)75-59/h22-23,27,29,35,37,43-47,49-60,62-65,67-73H,3-21,24-26,28,30-34,36,38-42H2,1-2H3,(H,61,66)/b23-22+,29-27+,37-35+. The van der Waals surface area contributed by atoms with E-state index in [0.717, 1.165) is 44.9 Å². The summed E-state index contributed by atoms with van der Waals surface area (Å²) in [5.74, 6) is -0.289. The number of amides is 1. The Kier molecular flexibility index (Phi) is 39.4. The van der Waals surface area contributed by atoms with Gasteiger partial charge in [-0.25, -0.2) is 0 Å². The number of unbranched alkanes of at least 4 members (excludes halogenated alkanes) is 25. The molecule has 0 bridgehead atoms. The molecule has 3 saturated heterocycles. The Balaban J connectivity index is 1.52. The van der Waals surface area contributed by atoms with Gasteiger partial charge in [-0.15, -0.1) is 0 Å². The number of hydrogen-bond acceptors (Lipinski definition) is 18. The highest BCUT2D eigenvalue weighted by Gasteiger charge is 2.53. The van der Waals surface area contributed by atoms with Crippen LogP contribution in [-0.2, 0) is 33.2 Å². The van der Waals surface area contributed by atoms with Crippen molar-refractivity contribution in [2.75, 3.05) is 26.4 Å². The molecule has 79 heavy (non-hydrogen) atoms. The van der Waals surface area contributed by atoms with E-state index in [1.54, 1.807) is 6.08 Å². The molecule has 3 aliphatic heterocycles. The van der Waals surface area contributed by atoms with Gasteiger partial charge in [0.05, 0.1) is 38.6 Å². The van der Waals surface area contributed by atoms with Gasteiger partial charge in [0.2, 0.25) is 5.91 Å². The van der Waals surface area contributed by atoms with Crippen molar-refractivity contribution < 1.29 is 89.4 Å². The van der Waals surface area contributed by atoms with Crippen LogP contribution in [0.1, 0.15) is 206 Å². The Bertz CT molecular complexity index is 1590. The maximum absolute atomic E-state index is 13.3. The fraction of sp³-hybridized carbons (Fsp3) is 0.883. The summed E-state index contributed by atoms with van der Waals surface area (Å²) in [6, 6.07) is -0.992. The van der Waals surface area contributed by atoms with E-state index in [1.807, 2.05) is 6.08 Å². The predicted molar refractivity (Wildman–Crippen MR) is 300 cm³/mol. The van der Waals surface area contributed by atoms with Crippen molar-refractivity contribution in [3.63, 3.8) is 0 Å². The van der Waals surface area contributed by atoms with E-state index in [4.69, 9.17) is 28.4 Å². The average molecular weight is 1130 g/mol. The lowest BCUT2D eigenvalue weighted by Gasteiger charge is -2.48. The van der Waals surface area contributed by atoms with Gasteiger partial charge in [0.1, 0.15) is 73.2 Å². The van der Waals surface area contributed by atoms with Crippen LogP contribution >= 0.6 is 0 Å². The van der Waals surface area contributed by atoms with Gasteiger partial charge < -0.3 is 89.9 Å². The molecule has 19 heteroatoms. The van der Waals surface area contributed by atoms with Gasteiger partial charge in [0, 0.05) is 6.42 Å². The number of aliphatic hydroxyl groups is 11. The van der Waals surface area contributed by atoms with Crippen LogP contribution in [0.15, 0.2) is 36.5 Å². The van der Waals surface area contributed by atoms with E-state index < -0.39 is 124 Å². The summed E-state index contributed by atoms with van der Waals surface area (Å²) in [4.78, 5) is 13.3. The van der Waals surface area contributed by atoms with E-state index in [0.29, 0.717) is 12.8 Å². The minimum Gasteiger partial charge on any atom is -0.394 e. The van der Waals surface area contributed by atoms with Crippen molar-refractivity contribution >= 4 is 5.91 Å². The number of ether oxygens (including phenoxy) is 6. The SMILES string of the molecule is CCCCCCCCCCCC/C=C/CC/C=C/CC/C=C/C(O)C(COC1OC(CO)C(OC2OC(CO)C(OC3OC(CO)C(O)C(O)C3O)C(O)C2O)C(O)C1O)NC(=O)CCCCCCCCCCCCCCCC. The van der Waals surface area contributed by atoms with Gasteiger partial charge in [0.15, 0.2) is 18.9 Å². The summed E-state index contributed by atoms with van der Waals surface area (Å²) in [7, 11) is 0. The molecule has 3 heterocycles. The second kappa shape index (κ2) is 43.6. The third kappa shape index (κ3) is 27.5. The molecule has 17 atom stereocenters. The summed E-state index contributed by atoms with van der Waals surface area (Å²) in [5.41, 5.74) is 0. The zero-order valence-electron chi connectivity index (χ0n) is 48.1. The molecular weight excluding hydrogens is 1020 g/mol. The highest BCUT2D eigenvalue weighted by atomic mass is 16.8. The average Bonchev–Trinajstić information content (AvgIpc) is 3.51. The zero-order valence-corrected chi connectivity index (χ0v) is 48.1. The molecule has 0 saturated carbocycles. The van der Waals surface area contributed by atoms with E-state index in [9.17, 15) is 61.0 Å². The molecule has 17 unspecified atom stereocenters. The summed E-state index contributed by atoms with van der Waals surface area (Å²) < 4.78 is 34.2. The lowest BCUT2D eigenvalue weighted by Crippen LogP contribution is -2.66. The quantitative estimate of drug-likeness (QED) is 0.0257. The first-order valence-corrected chi connectivity index (χ1v) is 30.7. The highest BCUT2D eigenvalue weighted by Crippen LogP contribution is 2.33. The Morgan fingerprint density at radius 2 is 0.810 bits per heavy atom. The topological polar surface area (TPSA) is 307 Å². The second-order valence-electron chi connectivity index (χ2n) is 22.2. The normalized spacial score (nSPS) is 30.5. The van der Waals surface area contributed by atoms with Crippen LogP contribution in [0.5, 0.6) is 0 Å². The first-order chi connectivity index (χ1) is 38.3. The molecule has 1 amide bonds. The van der Waals surface area contributed by atoms with Crippen molar-refractivity contribution in [1.29, 1.82) is 0 Å². The first kappa shape index (κ1) is 71.3. The van der Waals surface area contributed by atoms with Gasteiger partial charge in [-0.05, 0) is 44.9 Å². The summed E-state index contributed by atoms with van der Waals surface area (Å²) in [6.07, 6.45) is 19.8. The van der Waals surface area contributed by atoms with Crippen LogP contribution in [0.4, 0.5) is 0 Å². The molecule has 0 radical (unpaired) electrons. The minimum atomic E-state index is -1.98. The molecule has 462 valence electrons. The molecule has 0 spiro atoms. The van der Waals surface area contributed by atoms with Crippen molar-refractivity contribution in [2.24, 2.45) is 0 Å². The third-order valence-corrected chi connectivity index (χ3v) is 15.4. The number of allylic oxidation sites excluding steroid dienone is 5. The predicted octanol–water partition coefficient (Wildman–Crippen LogP) is 5.71. The van der Waals surface area contributed by atoms with E-state index in [-0.39, 0.29) is 18.9 Å². The number of carbonyl (C=O) groups is 1. The van der Waals surface area contributed by atoms with Crippen LogP contribution in [0.25, 0.3) is 0 Å². The molecule has 0 aromatic heterocycles. The number of carbonyl (C=O) groups excluding carboxylic acids is 1. The monoisotopic (exact) mass is 1130 g/mol. The van der Waals surface area contributed by atoms with Crippen LogP contribution in [0.3, 0.4) is 0 Å². The fourth-order valence-electron chi connectivity index (χ4n) is 10.3. The number of aliphatic hydroxyl groups excluding tert-OH is 11. The van der Waals surface area contributed by atoms with Crippen LogP contribution < -0.4 is 5.32 Å². The minimum absolute atomic E-state index is 0.235. The maximum Gasteiger partial charge on any atom is 0.220 e. The number of hydrogen-bond donors (Lipinski definition) is 12. The number of nitrogens with one attached hydrogen (secondary N) is 1. The first-order valence-electron chi connectivity index (χ1n) is 30.7. The zero-order chi connectivity index (χ0) is 57.6. The molecule has 0 aromatic rings. The molecule has 3 aliphatic rings. The Morgan fingerprint density at radius 1 is 0.443 bits per heavy atom. The van der Waals surface area contributed by atoms with Gasteiger partial charge in [-0.2, -0.15) is 0 Å². The van der Waals surface area contributed by atoms with Crippen LogP contribution in [0.2, 0.25) is 0 Å². The maximum atomic E-state index is 13.3. The van der Waals surface area contributed by atoms with Gasteiger partial charge in [-0.3, -0.25) is 4.79 Å². The Hall–Kier alpha value is -1.99. The van der Waals surface area contributed by atoms with Crippen LogP contribution in [0, 0.1) is 0 Å². The molecule has 12 N–H and O–H groups in total. The van der Waals surface area contributed by atoms with E-state index in [2.05, 4.69) is 43.5 Å². The van der Waals surface area contributed by atoms with E-state index >= 15 is 0 Å². The molecule has 0 aromatic carbocycles. The molecule has 3 fully saturated rings. The molecule has 19 nitrogen and oxygen atoms in total. The largest absolute Gasteiger partial charge is 0.394 e. The van der Waals surface area contributed by atoms with Crippen LogP contribution in [-0.4, -0.2) is 193 Å². The summed E-state index contributed by atoms with van der Waals surface area (Å²) in [6.45, 7) is 1.69. The Morgan fingerprint density at radius 3 is 1.27 bits per heavy atom. The number of rotatable bonds is 45. The van der Waals surface area contributed by atoms with Gasteiger partial charge in [-0.1, -0.05) is 192 Å². The highest BCUT2D eigenvalue weighted by molar-refractivity contribution is 5.76. The van der Waals surface area contributed by atoms with E-state index in [1.165, 1.54) is 128 Å². The van der Waals surface area contributed by atoms with Gasteiger partial charge in [0.25, 0.3) is 0 Å². The summed E-state index contributed by atoms with van der Waals surface area (Å²) >= 11 is 0. The van der Waals surface area contributed by atoms with Crippen molar-refractivity contribution in [2.45, 2.75) is 311 Å². The summed E-state index contributed by atoms with van der Waals surface area (Å²) in [5, 5.41) is 120. The van der Waals surface area contributed by atoms with Crippen molar-refractivity contribution in [3.05, 3.63) is 36.5 Å². The molecule has 3 rings (SSSR count). The fourth-order valence-corrected chi connectivity index (χ4v) is 10.3. The Labute approximate surface area is 472 Å².